The van der Waals surface area contributed by atoms with Crippen LogP contribution >= 0.6 is 0 Å². The van der Waals surface area contributed by atoms with Crippen LogP contribution in [0.4, 0.5) is 0 Å². The molecule has 5 rings (SSSR count). The van der Waals surface area contributed by atoms with E-state index in [4.69, 9.17) is 0 Å². The van der Waals surface area contributed by atoms with Crippen LogP contribution in [0.3, 0.4) is 0 Å². The van der Waals surface area contributed by atoms with Gasteiger partial charge in [-0.25, -0.2) is 9.97 Å². The molecule has 0 N–H and O–H groups in total. The summed E-state index contributed by atoms with van der Waals surface area (Å²) in [6, 6.07) is 8.11. The minimum absolute atomic E-state index is 0.0491. The lowest BCUT2D eigenvalue weighted by atomic mass is 9.94. The third-order valence-electron chi connectivity index (χ3n) is 5.35. The Kier molecular flexibility index (Phi) is 4.68. The highest BCUT2D eigenvalue weighted by Gasteiger charge is 2.37. The topological polar surface area (TPSA) is 62.2 Å². The molecule has 3 aliphatic heterocycles. The first-order chi connectivity index (χ1) is 12.6. The van der Waals surface area contributed by atoms with Crippen LogP contribution in [0.5, 0.6) is 0 Å². The summed E-state index contributed by atoms with van der Waals surface area (Å²) in [7, 11) is 0. The molecule has 136 valence electrons. The molecule has 2 aromatic heterocycles. The fraction of sp³-hybridized carbons (Fsp3) is 0.500. The zero-order valence-corrected chi connectivity index (χ0v) is 15.4. The van der Waals surface area contributed by atoms with E-state index in [0.717, 1.165) is 44.0 Å². The molecule has 0 aromatic carbocycles. The normalized spacial score (nSPS) is 23.1. The number of carbonyl (C=O) groups is 1. The molecule has 6 nitrogen and oxygen atoms in total. The summed E-state index contributed by atoms with van der Waals surface area (Å²) in [4.78, 5) is 30.7. The second-order valence-electron chi connectivity index (χ2n) is 7.51. The first-order valence-corrected chi connectivity index (χ1v) is 9.34. The molecule has 2 aromatic rings. The Hall–Kier alpha value is -2.34. The third-order valence-corrected chi connectivity index (χ3v) is 5.35. The highest BCUT2D eigenvalue weighted by Crippen LogP contribution is 2.29. The van der Waals surface area contributed by atoms with Crippen LogP contribution in [-0.4, -0.2) is 56.3 Å². The average molecular weight is 351 g/mol. The number of hydrogen-bond donors (Lipinski definition) is 0. The number of piperidine rings is 1. The lowest BCUT2D eigenvalue weighted by Crippen LogP contribution is -2.47. The van der Waals surface area contributed by atoms with Crippen LogP contribution in [0.15, 0.2) is 30.5 Å². The van der Waals surface area contributed by atoms with E-state index >= 15 is 0 Å². The summed E-state index contributed by atoms with van der Waals surface area (Å²) >= 11 is 0. The maximum Gasteiger partial charge on any atom is 0.272 e. The highest BCUT2D eigenvalue weighted by molar-refractivity contribution is 5.92. The lowest BCUT2D eigenvalue weighted by Gasteiger charge is -2.36. The summed E-state index contributed by atoms with van der Waals surface area (Å²) in [6.07, 6.45) is 4.10. The molecular weight excluding hydrogens is 326 g/mol. The molecule has 0 aliphatic carbocycles. The maximum atomic E-state index is 13.1. The average Bonchev–Trinajstić information content (AvgIpc) is 2.91. The number of nitrogens with zero attached hydrogens (tertiary/aromatic N) is 5. The monoisotopic (exact) mass is 351 g/mol. The van der Waals surface area contributed by atoms with Gasteiger partial charge in [-0.1, -0.05) is 6.07 Å². The standard InChI is InChI=1S/C20H25N5O/c1-14-9-19(23-15(2)22-14)20(26)25-11-16-6-7-18(25)13-24(10-16)12-17-5-3-4-8-21-17/h3-5,8-9,16,18H,6-7,10-13H2,1-2H3/t16-,18+/m0/s1. The van der Waals surface area contributed by atoms with E-state index in [-0.39, 0.29) is 11.9 Å². The van der Waals surface area contributed by atoms with Crippen molar-refractivity contribution in [3.05, 3.63) is 53.4 Å². The first kappa shape index (κ1) is 17.1. The predicted molar refractivity (Wildman–Crippen MR) is 98.6 cm³/mol. The van der Waals surface area contributed by atoms with Crippen molar-refractivity contribution in [2.45, 2.75) is 39.3 Å². The molecule has 3 aliphatic rings. The lowest BCUT2D eigenvalue weighted by molar-refractivity contribution is 0.0578. The van der Waals surface area contributed by atoms with E-state index in [0.29, 0.717) is 17.4 Å². The summed E-state index contributed by atoms with van der Waals surface area (Å²) in [5, 5.41) is 0. The minimum Gasteiger partial charge on any atom is -0.333 e. The van der Waals surface area contributed by atoms with Crippen LogP contribution in [0.25, 0.3) is 0 Å². The number of hydrogen-bond acceptors (Lipinski definition) is 5. The van der Waals surface area contributed by atoms with Gasteiger partial charge in [-0.05, 0) is 50.8 Å². The van der Waals surface area contributed by atoms with Crippen molar-refractivity contribution in [3.63, 3.8) is 0 Å². The van der Waals surface area contributed by atoms with Crippen molar-refractivity contribution >= 4 is 5.91 Å². The van der Waals surface area contributed by atoms with Crippen molar-refractivity contribution < 1.29 is 4.79 Å². The Labute approximate surface area is 154 Å². The summed E-state index contributed by atoms with van der Waals surface area (Å²) in [5.74, 6) is 1.23. The Morgan fingerprint density at radius 1 is 1.15 bits per heavy atom. The molecule has 0 radical (unpaired) electrons. The van der Waals surface area contributed by atoms with Crippen LogP contribution in [0.1, 0.15) is 40.5 Å². The molecular formula is C20H25N5O. The molecule has 1 amide bonds. The number of aromatic nitrogens is 3. The number of carbonyl (C=O) groups excluding carboxylic acids is 1. The number of rotatable bonds is 3. The molecule has 2 bridgehead atoms. The van der Waals surface area contributed by atoms with E-state index in [2.05, 4.69) is 25.9 Å². The summed E-state index contributed by atoms with van der Waals surface area (Å²) < 4.78 is 0. The molecule has 6 heteroatoms. The Morgan fingerprint density at radius 2 is 2.04 bits per heavy atom. The van der Waals surface area contributed by atoms with Crippen molar-refractivity contribution in [2.24, 2.45) is 5.92 Å². The van der Waals surface area contributed by atoms with Gasteiger partial charge in [0.25, 0.3) is 5.91 Å². The van der Waals surface area contributed by atoms with Crippen molar-refractivity contribution in [1.29, 1.82) is 0 Å². The fourth-order valence-corrected chi connectivity index (χ4v) is 4.25. The number of aryl methyl sites for hydroxylation is 2. The molecule has 26 heavy (non-hydrogen) atoms. The van der Waals surface area contributed by atoms with Crippen LogP contribution in [0, 0.1) is 19.8 Å². The smallest absolute Gasteiger partial charge is 0.272 e. The van der Waals surface area contributed by atoms with Gasteiger partial charge in [-0.15, -0.1) is 0 Å². The van der Waals surface area contributed by atoms with E-state index in [1.807, 2.05) is 37.1 Å². The van der Waals surface area contributed by atoms with E-state index in [1.54, 1.807) is 6.07 Å². The highest BCUT2D eigenvalue weighted by atomic mass is 16.2. The van der Waals surface area contributed by atoms with E-state index in [9.17, 15) is 4.79 Å². The van der Waals surface area contributed by atoms with Gasteiger partial charge >= 0.3 is 0 Å². The quantitative estimate of drug-likeness (QED) is 0.848. The number of amides is 1. The van der Waals surface area contributed by atoms with E-state index < -0.39 is 0 Å². The molecule has 2 atom stereocenters. The minimum atomic E-state index is 0.0491. The molecule has 3 fully saturated rings. The van der Waals surface area contributed by atoms with Gasteiger partial charge in [0.15, 0.2) is 0 Å². The van der Waals surface area contributed by atoms with Gasteiger partial charge in [0, 0.05) is 44.1 Å². The fourth-order valence-electron chi connectivity index (χ4n) is 4.25. The van der Waals surface area contributed by atoms with Gasteiger partial charge in [0.05, 0.1) is 5.69 Å². The van der Waals surface area contributed by atoms with Gasteiger partial charge < -0.3 is 4.90 Å². The van der Waals surface area contributed by atoms with Crippen LogP contribution < -0.4 is 0 Å². The van der Waals surface area contributed by atoms with Crippen molar-refractivity contribution in [2.75, 3.05) is 19.6 Å². The molecule has 3 saturated heterocycles. The SMILES string of the molecule is Cc1cc(C(=O)N2C[C@H]3CC[C@@H]2CN(Cc2ccccn2)C3)nc(C)n1. The first-order valence-electron chi connectivity index (χ1n) is 9.34. The van der Waals surface area contributed by atoms with Crippen LogP contribution in [-0.2, 0) is 6.54 Å². The van der Waals surface area contributed by atoms with Gasteiger partial charge in [0.1, 0.15) is 11.5 Å². The molecule has 0 spiro atoms. The molecule has 0 unspecified atom stereocenters. The van der Waals surface area contributed by atoms with Gasteiger partial charge in [-0.2, -0.15) is 0 Å². The third kappa shape index (κ3) is 3.60. The zero-order valence-electron chi connectivity index (χ0n) is 15.4. The molecule has 0 saturated carbocycles. The van der Waals surface area contributed by atoms with Crippen molar-refractivity contribution in [3.8, 4) is 0 Å². The predicted octanol–water partition coefficient (Wildman–Crippen LogP) is 2.23. The summed E-state index contributed by atoms with van der Waals surface area (Å²) in [6.45, 7) is 7.36. The number of fused-ring (bicyclic) bond motifs is 4. The van der Waals surface area contributed by atoms with Gasteiger partial charge in [0.2, 0.25) is 0 Å². The van der Waals surface area contributed by atoms with Gasteiger partial charge in [-0.3, -0.25) is 14.7 Å². The molecule has 5 heterocycles. The summed E-state index contributed by atoms with van der Waals surface area (Å²) in [5.41, 5.74) is 2.46. The second kappa shape index (κ2) is 7.11. The number of pyridine rings is 1. The Bertz CT molecular complexity index is 774. The second-order valence-corrected chi connectivity index (χ2v) is 7.51. The van der Waals surface area contributed by atoms with E-state index in [1.165, 1.54) is 6.42 Å². The Balaban J connectivity index is 1.52. The zero-order chi connectivity index (χ0) is 18.1. The maximum absolute atomic E-state index is 13.1. The Morgan fingerprint density at radius 3 is 2.81 bits per heavy atom. The largest absolute Gasteiger partial charge is 0.333 e. The van der Waals surface area contributed by atoms with Crippen molar-refractivity contribution in [1.82, 2.24) is 24.8 Å². The van der Waals surface area contributed by atoms with Crippen LogP contribution in [0.2, 0.25) is 0 Å².